The predicted octanol–water partition coefficient (Wildman–Crippen LogP) is 6.40. The number of carbonyl (C=O) groups is 1. The van der Waals surface area contributed by atoms with E-state index in [0.29, 0.717) is 40.4 Å². The summed E-state index contributed by atoms with van der Waals surface area (Å²) < 4.78 is 14.5. The van der Waals surface area contributed by atoms with Gasteiger partial charge in [0.25, 0.3) is 8.32 Å². The monoisotopic (exact) mass is 471 g/mol. The number of ether oxygens (including phenoxy) is 1. The number of hydrogen-bond donors (Lipinski definition) is 1. The Labute approximate surface area is 200 Å². The standard InChI is InChI=1S/C27H41NO4Si/c1-17(2)33(18(3)4,19(5)6)32-26-20(7)28(14-15-29)25(24(26)27(30)31-8)23-16-22(23)21-12-10-9-11-13-21/h9-13,17-19,22-23,29H,14-16H2,1-8H3/t22-,23+/m1/s1. The molecule has 0 bridgehead atoms. The summed E-state index contributed by atoms with van der Waals surface area (Å²) in [6.45, 7) is 15.9. The van der Waals surface area contributed by atoms with Crippen LogP contribution in [-0.4, -0.2) is 37.7 Å². The van der Waals surface area contributed by atoms with E-state index in [4.69, 9.17) is 9.16 Å². The quantitative estimate of drug-likeness (QED) is 0.322. The number of hydrogen-bond acceptors (Lipinski definition) is 4. The van der Waals surface area contributed by atoms with Crippen molar-refractivity contribution >= 4 is 14.3 Å². The van der Waals surface area contributed by atoms with Gasteiger partial charge in [-0.1, -0.05) is 71.9 Å². The molecule has 1 fully saturated rings. The molecular weight excluding hydrogens is 430 g/mol. The van der Waals surface area contributed by atoms with Crippen LogP contribution in [0.2, 0.25) is 16.6 Å². The van der Waals surface area contributed by atoms with E-state index in [1.54, 1.807) is 0 Å². The number of aromatic nitrogens is 1. The third-order valence-electron chi connectivity index (χ3n) is 7.58. The van der Waals surface area contributed by atoms with Crippen LogP contribution in [0, 0.1) is 6.92 Å². The number of nitrogens with zero attached hydrogens (tertiary/aromatic N) is 1. The molecule has 1 heterocycles. The number of benzene rings is 1. The van der Waals surface area contributed by atoms with Gasteiger partial charge in [0.05, 0.1) is 19.4 Å². The number of methoxy groups -OCH3 is 1. The molecule has 33 heavy (non-hydrogen) atoms. The summed E-state index contributed by atoms with van der Waals surface area (Å²) in [5, 5.41) is 9.88. The summed E-state index contributed by atoms with van der Waals surface area (Å²) >= 11 is 0. The van der Waals surface area contributed by atoms with Crippen molar-refractivity contribution in [2.24, 2.45) is 0 Å². The topological polar surface area (TPSA) is 60.7 Å². The van der Waals surface area contributed by atoms with Crippen LogP contribution in [0.4, 0.5) is 0 Å². The van der Waals surface area contributed by atoms with E-state index in [-0.39, 0.29) is 18.5 Å². The Morgan fingerprint density at radius 1 is 1.06 bits per heavy atom. The van der Waals surface area contributed by atoms with Crippen molar-refractivity contribution in [2.75, 3.05) is 13.7 Å². The van der Waals surface area contributed by atoms with Gasteiger partial charge in [0.1, 0.15) is 11.3 Å². The average Bonchev–Trinajstić information content (AvgIpc) is 3.52. The molecular formula is C27H41NO4Si. The van der Waals surface area contributed by atoms with Crippen LogP contribution in [-0.2, 0) is 11.3 Å². The summed E-state index contributed by atoms with van der Waals surface area (Å²) in [4.78, 5) is 13.2. The Morgan fingerprint density at radius 3 is 2.12 bits per heavy atom. The minimum Gasteiger partial charge on any atom is -0.541 e. The first-order valence-electron chi connectivity index (χ1n) is 12.3. The van der Waals surface area contributed by atoms with Gasteiger partial charge in [-0.15, -0.1) is 0 Å². The summed E-state index contributed by atoms with van der Waals surface area (Å²) in [6, 6.07) is 10.5. The first-order valence-corrected chi connectivity index (χ1v) is 14.4. The lowest BCUT2D eigenvalue weighted by molar-refractivity contribution is 0.0596. The second kappa shape index (κ2) is 10.1. The van der Waals surface area contributed by atoms with E-state index in [9.17, 15) is 9.90 Å². The SMILES string of the molecule is COC(=O)c1c(O[Si](C(C)C)(C(C)C)C(C)C)c(C)n(CCO)c1[C@H]1C[C@@H]1c1ccccc1. The summed E-state index contributed by atoms with van der Waals surface area (Å²) in [5.74, 6) is 0.887. The van der Waals surface area contributed by atoms with Crippen molar-refractivity contribution in [2.45, 2.75) is 89.9 Å². The highest BCUT2D eigenvalue weighted by Gasteiger charge is 2.50. The third kappa shape index (κ3) is 4.52. The minimum atomic E-state index is -2.30. The molecule has 0 unspecified atom stereocenters. The van der Waals surface area contributed by atoms with Crippen LogP contribution in [0.25, 0.3) is 0 Å². The fourth-order valence-electron chi connectivity index (χ4n) is 6.03. The molecule has 0 radical (unpaired) electrons. The number of rotatable bonds is 10. The van der Waals surface area contributed by atoms with Crippen molar-refractivity contribution in [1.82, 2.24) is 4.57 Å². The van der Waals surface area contributed by atoms with Gasteiger partial charge in [0.2, 0.25) is 0 Å². The van der Waals surface area contributed by atoms with Crippen LogP contribution >= 0.6 is 0 Å². The highest BCUT2D eigenvalue weighted by atomic mass is 28.4. The Kier molecular flexibility index (Phi) is 7.79. The van der Waals surface area contributed by atoms with E-state index < -0.39 is 8.32 Å². The Hall–Kier alpha value is -2.05. The first-order chi connectivity index (χ1) is 15.6. The van der Waals surface area contributed by atoms with Crippen LogP contribution in [0.1, 0.15) is 87.1 Å². The third-order valence-corrected chi connectivity index (χ3v) is 13.5. The van der Waals surface area contributed by atoms with Crippen molar-refractivity contribution < 1.29 is 19.1 Å². The zero-order valence-electron chi connectivity index (χ0n) is 21.5. The molecule has 6 heteroatoms. The maximum Gasteiger partial charge on any atom is 0.343 e. The van der Waals surface area contributed by atoms with Crippen molar-refractivity contribution in [1.29, 1.82) is 0 Å². The molecule has 1 aromatic carbocycles. The molecule has 1 aliphatic rings. The Bertz CT molecular complexity index is 942. The van der Waals surface area contributed by atoms with Crippen LogP contribution in [0.5, 0.6) is 5.75 Å². The molecule has 0 saturated heterocycles. The summed E-state index contributed by atoms with van der Waals surface area (Å²) in [7, 11) is -0.863. The van der Waals surface area contributed by atoms with E-state index in [1.165, 1.54) is 12.7 Å². The smallest absolute Gasteiger partial charge is 0.343 e. The van der Waals surface area contributed by atoms with E-state index in [0.717, 1.165) is 17.8 Å². The van der Waals surface area contributed by atoms with Crippen LogP contribution < -0.4 is 4.43 Å². The van der Waals surface area contributed by atoms with Crippen LogP contribution in [0.15, 0.2) is 30.3 Å². The molecule has 1 aliphatic carbocycles. The molecule has 3 rings (SSSR count). The summed E-state index contributed by atoms with van der Waals surface area (Å²) in [5.41, 5.74) is 4.85. The van der Waals surface area contributed by atoms with E-state index >= 15 is 0 Å². The lowest BCUT2D eigenvalue weighted by atomic mass is 10.1. The van der Waals surface area contributed by atoms with Gasteiger partial charge < -0.3 is 18.8 Å². The second-order valence-electron chi connectivity index (χ2n) is 10.3. The highest BCUT2D eigenvalue weighted by molar-refractivity contribution is 6.78. The van der Waals surface area contributed by atoms with Gasteiger partial charge >= 0.3 is 5.97 Å². The van der Waals surface area contributed by atoms with Gasteiger partial charge in [-0.2, -0.15) is 0 Å². The minimum absolute atomic E-state index is 0.00636. The largest absolute Gasteiger partial charge is 0.541 e. The van der Waals surface area contributed by atoms with E-state index in [1.807, 2.05) is 13.0 Å². The second-order valence-corrected chi connectivity index (χ2v) is 15.7. The molecule has 5 nitrogen and oxygen atoms in total. The molecule has 0 amide bonds. The molecule has 0 aliphatic heterocycles. The maximum absolute atomic E-state index is 13.2. The number of carbonyl (C=O) groups excluding carboxylic acids is 1. The van der Waals surface area contributed by atoms with Gasteiger partial charge in [-0.05, 0) is 41.4 Å². The fraction of sp³-hybridized carbons (Fsp3) is 0.593. The molecule has 0 spiro atoms. The summed E-state index contributed by atoms with van der Waals surface area (Å²) in [6.07, 6.45) is 0.976. The van der Waals surface area contributed by atoms with Crippen LogP contribution in [0.3, 0.4) is 0 Å². The molecule has 1 saturated carbocycles. The Balaban J connectivity index is 2.19. The molecule has 2 atom stereocenters. The van der Waals surface area contributed by atoms with Gasteiger partial charge in [0, 0.05) is 18.2 Å². The van der Waals surface area contributed by atoms with Crippen molar-refractivity contribution in [3.05, 3.63) is 52.8 Å². The lowest BCUT2D eigenvalue weighted by Gasteiger charge is -2.42. The van der Waals surface area contributed by atoms with Crippen molar-refractivity contribution in [3.63, 3.8) is 0 Å². The molecule has 2 aromatic rings. The number of esters is 1. The normalized spacial score (nSPS) is 18.3. The van der Waals surface area contributed by atoms with E-state index in [2.05, 4.69) is 70.4 Å². The Morgan fingerprint density at radius 2 is 1.64 bits per heavy atom. The number of aliphatic hydroxyl groups is 1. The average molecular weight is 472 g/mol. The van der Waals surface area contributed by atoms with Gasteiger partial charge in [0.15, 0.2) is 0 Å². The highest BCUT2D eigenvalue weighted by Crippen LogP contribution is 2.58. The first kappa shape index (κ1) is 25.6. The van der Waals surface area contributed by atoms with Gasteiger partial charge in [-0.25, -0.2) is 4.79 Å². The number of aliphatic hydroxyl groups excluding tert-OH is 1. The molecule has 1 aromatic heterocycles. The lowest BCUT2D eigenvalue weighted by Crippen LogP contribution is -2.51. The maximum atomic E-state index is 13.2. The van der Waals surface area contributed by atoms with Crippen molar-refractivity contribution in [3.8, 4) is 5.75 Å². The molecule has 182 valence electrons. The predicted molar refractivity (Wildman–Crippen MR) is 136 cm³/mol. The van der Waals surface area contributed by atoms with Gasteiger partial charge in [-0.3, -0.25) is 0 Å². The fourth-order valence-corrected chi connectivity index (χ4v) is 11.3. The molecule has 1 N–H and O–H groups in total. The zero-order chi connectivity index (χ0) is 24.5. The zero-order valence-corrected chi connectivity index (χ0v) is 22.5.